The lowest BCUT2D eigenvalue weighted by molar-refractivity contribution is -0.136. The Labute approximate surface area is 478 Å². The van der Waals surface area contributed by atoms with Crippen molar-refractivity contribution in [1.82, 2.24) is 39.9 Å². The second-order valence-electron chi connectivity index (χ2n) is 26.0. The number of amides is 4. The van der Waals surface area contributed by atoms with E-state index < -0.39 is 17.5 Å². The fourth-order valence-electron chi connectivity index (χ4n) is 14.6. The number of pyridine rings is 1. The van der Waals surface area contributed by atoms with Gasteiger partial charge in [0.15, 0.2) is 12.6 Å². The van der Waals surface area contributed by atoms with E-state index in [4.69, 9.17) is 33.9 Å². The Kier molecular flexibility index (Phi) is 14.3. The summed E-state index contributed by atoms with van der Waals surface area (Å²) in [4.78, 5) is 79.4. The van der Waals surface area contributed by atoms with Crippen LogP contribution in [0.25, 0.3) is 32.9 Å². The number of nitrogens with one attached hydrogen (secondary N) is 1. The number of piperidine rings is 3. The summed E-state index contributed by atoms with van der Waals surface area (Å²) in [5.74, 6) is 0.395. The normalized spacial score (nSPS) is 23.6. The van der Waals surface area contributed by atoms with Gasteiger partial charge in [0.1, 0.15) is 34.4 Å². The third kappa shape index (κ3) is 10.6. The van der Waals surface area contributed by atoms with Crippen LogP contribution in [0.15, 0.2) is 54.7 Å². The van der Waals surface area contributed by atoms with Gasteiger partial charge in [0, 0.05) is 101 Å². The van der Waals surface area contributed by atoms with E-state index in [1.54, 1.807) is 18.2 Å². The number of anilines is 2. The number of likely N-dealkylation sites (tertiary alicyclic amines) is 2. The van der Waals surface area contributed by atoms with Crippen molar-refractivity contribution in [2.45, 2.75) is 129 Å². The van der Waals surface area contributed by atoms with Crippen LogP contribution in [0.3, 0.4) is 0 Å². The van der Waals surface area contributed by atoms with E-state index in [1.807, 2.05) is 62.1 Å². The summed E-state index contributed by atoms with van der Waals surface area (Å²) in [6, 6.07) is 15.3. The molecule has 8 aliphatic rings. The van der Waals surface area contributed by atoms with E-state index in [2.05, 4.69) is 44.0 Å². The number of carbonyl (C=O) groups excluding carboxylic acids is 4. The first-order valence-corrected chi connectivity index (χ1v) is 29.9. The van der Waals surface area contributed by atoms with Gasteiger partial charge in [-0.1, -0.05) is 25.1 Å². The Balaban J connectivity index is 0.652. The average Bonchev–Trinajstić information content (AvgIpc) is 4.11. The minimum absolute atomic E-state index is 0.0327. The molecule has 3 atom stereocenters. The molecule has 18 nitrogen and oxygen atoms in total. The van der Waals surface area contributed by atoms with E-state index in [0.717, 1.165) is 125 Å². The van der Waals surface area contributed by atoms with Crippen molar-refractivity contribution in [2.75, 3.05) is 95.8 Å². The molecular formula is C63H77FN10O8. The predicted octanol–water partition coefficient (Wildman–Crippen LogP) is 8.35. The second-order valence-corrected chi connectivity index (χ2v) is 26.0. The zero-order chi connectivity index (χ0) is 56.7. The third-order valence-electron chi connectivity index (χ3n) is 19.1. The second kappa shape index (κ2) is 21.5. The van der Waals surface area contributed by atoms with Gasteiger partial charge in [-0.3, -0.25) is 29.6 Å². The standard InChI is InChI=1S/C63H77FN10O8/c1-6-40-8-7-9-41-27-46(81-38-79-5)28-48(52(40)41)54-53(64)55-49(29-65-54)56(72-32-44-10-11-45(33-72)74(44)60(78)82-61(2,3)4)68-59(67-55)80-37-63(18-19-63)36-69-24-20-62(21-25-69)34-70(35-62)30-39-16-22-71(23-17-39)43-12-13-47-42(26-43)31-73(58(47)77)50-14-15-51(75)66-57(50)76/h7-9,12-13,26-29,39,44-45,50H,6,10-11,14-25,30-38H2,1-5H3,(H,66,75,76)/t44?,45?,50-/m0/s1. The van der Waals surface area contributed by atoms with Crippen LogP contribution < -0.4 is 24.6 Å². The Bertz CT molecular complexity index is 3310. The van der Waals surface area contributed by atoms with E-state index in [9.17, 15) is 19.2 Å². The zero-order valence-electron chi connectivity index (χ0n) is 48.1. The Morgan fingerprint density at radius 2 is 1.62 bits per heavy atom. The lowest BCUT2D eigenvalue weighted by Crippen LogP contribution is -2.61. The van der Waals surface area contributed by atoms with Gasteiger partial charge < -0.3 is 43.4 Å². The van der Waals surface area contributed by atoms with Gasteiger partial charge in [0.05, 0.1) is 24.1 Å². The zero-order valence-corrected chi connectivity index (χ0v) is 48.1. The molecule has 0 radical (unpaired) electrons. The maximum absolute atomic E-state index is 17.7. The first-order chi connectivity index (χ1) is 39.5. The van der Waals surface area contributed by atoms with E-state index in [-0.39, 0.29) is 71.7 Å². The highest BCUT2D eigenvalue weighted by Crippen LogP contribution is 2.49. The number of rotatable bonds is 15. The van der Waals surface area contributed by atoms with Gasteiger partial charge in [-0.05, 0) is 162 Å². The van der Waals surface area contributed by atoms with Crippen LogP contribution in [-0.2, 0) is 32.0 Å². The minimum Gasteiger partial charge on any atom is -0.468 e. The molecule has 4 amide bonds. The van der Waals surface area contributed by atoms with Crippen molar-refractivity contribution in [3.63, 3.8) is 0 Å². The van der Waals surface area contributed by atoms with Crippen molar-refractivity contribution >= 4 is 57.0 Å². The lowest BCUT2D eigenvalue weighted by Gasteiger charge is -2.55. The van der Waals surface area contributed by atoms with Gasteiger partial charge in [-0.25, -0.2) is 9.18 Å². The summed E-state index contributed by atoms with van der Waals surface area (Å²) >= 11 is 0. The van der Waals surface area contributed by atoms with Crippen LogP contribution in [-0.4, -0.2) is 168 Å². The monoisotopic (exact) mass is 1120 g/mol. The molecule has 7 aliphatic heterocycles. The molecule has 6 saturated heterocycles. The highest BCUT2D eigenvalue weighted by Gasteiger charge is 2.50. The maximum Gasteiger partial charge on any atom is 0.410 e. The van der Waals surface area contributed by atoms with Gasteiger partial charge in [-0.15, -0.1) is 0 Å². The molecule has 7 fully saturated rings. The van der Waals surface area contributed by atoms with Gasteiger partial charge >= 0.3 is 12.1 Å². The van der Waals surface area contributed by atoms with Gasteiger partial charge in [0.25, 0.3) is 5.91 Å². The molecule has 3 aromatic carbocycles. The summed E-state index contributed by atoms with van der Waals surface area (Å²) in [6.07, 6.45) is 11.1. The number of halogens is 1. The SMILES string of the molecule is CCc1cccc2cc(OCOC)cc(-c3ncc4c(N5CC6CCC(C5)N6C(=O)OC(C)(C)C)nc(OCC5(CN6CCC7(CC6)CN(CC6CCN(c8ccc9c(c8)CN([C@H]8CCC(=O)NC8=O)C9=O)CC6)C7)CC5)nc4c3F)c12. The van der Waals surface area contributed by atoms with Gasteiger partial charge in [0.2, 0.25) is 11.8 Å². The fraction of sp³-hybridized carbons (Fsp3) is 0.571. The van der Waals surface area contributed by atoms with E-state index in [0.29, 0.717) is 72.1 Å². The molecule has 2 unspecified atom stereocenters. The number of hydrogen-bond acceptors (Lipinski definition) is 15. The number of aryl methyl sites for hydroxylation is 1. The molecule has 1 aliphatic carbocycles. The number of piperazine rings is 1. The Morgan fingerprint density at radius 3 is 2.33 bits per heavy atom. The first-order valence-electron chi connectivity index (χ1n) is 29.9. The Morgan fingerprint density at radius 1 is 0.854 bits per heavy atom. The summed E-state index contributed by atoms with van der Waals surface area (Å²) in [5.41, 5.74) is 4.44. The molecule has 1 saturated carbocycles. The molecule has 1 N–H and O–H groups in total. The summed E-state index contributed by atoms with van der Waals surface area (Å²) in [6.45, 7) is 18.1. The number of nitrogens with zero attached hydrogens (tertiary/aromatic N) is 9. The van der Waals surface area contributed by atoms with Gasteiger partial charge in [-0.2, -0.15) is 9.97 Å². The number of ether oxygens (including phenoxy) is 4. The molecule has 2 aromatic heterocycles. The lowest BCUT2D eigenvalue weighted by atomic mass is 9.71. The van der Waals surface area contributed by atoms with Crippen molar-refractivity contribution in [2.24, 2.45) is 16.7 Å². The topological polar surface area (TPSA) is 175 Å². The van der Waals surface area contributed by atoms with Crippen molar-refractivity contribution in [1.29, 1.82) is 0 Å². The van der Waals surface area contributed by atoms with Crippen LogP contribution in [0.5, 0.6) is 11.8 Å². The highest BCUT2D eigenvalue weighted by molar-refractivity contribution is 6.06. The molecule has 2 bridgehead atoms. The van der Waals surface area contributed by atoms with Crippen LogP contribution >= 0.6 is 0 Å². The van der Waals surface area contributed by atoms with Crippen molar-refractivity contribution in [3.8, 4) is 23.0 Å². The summed E-state index contributed by atoms with van der Waals surface area (Å²) in [7, 11) is 1.57. The number of carbonyl (C=O) groups is 4. The van der Waals surface area contributed by atoms with Crippen LogP contribution in [0, 0.1) is 22.6 Å². The molecule has 9 heterocycles. The Hall–Kier alpha value is -6.70. The maximum atomic E-state index is 17.7. The smallest absolute Gasteiger partial charge is 0.410 e. The molecule has 5 aromatic rings. The van der Waals surface area contributed by atoms with Crippen LogP contribution in [0.4, 0.5) is 20.7 Å². The largest absolute Gasteiger partial charge is 0.468 e. The third-order valence-corrected chi connectivity index (χ3v) is 19.1. The van der Waals surface area contributed by atoms with Crippen LogP contribution in [0.2, 0.25) is 0 Å². The predicted molar refractivity (Wildman–Crippen MR) is 308 cm³/mol. The minimum atomic E-state index is -0.619. The summed E-state index contributed by atoms with van der Waals surface area (Å²) < 4.78 is 41.5. The number of methoxy groups -OCH3 is 1. The molecule has 13 rings (SSSR count). The number of benzene rings is 3. The van der Waals surface area contributed by atoms with Crippen molar-refractivity contribution < 1.29 is 42.5 Å². The number of fused-ring (bicyclic) bond motifs is 5. The number of aromatic nitrogens is 3. The quantitative estimate of drug-likeness (QED) is 0.0782. The fourth-order valence-corrected chi connectivity index (χ4v) is 14.6. The molecule has 82 heavy (non-hydrogen) atoms. The van der Waals surface area contributed by atoms with E-state index >= 15 is 4.39 Å². The summed E-state index contributed by atoms with van der Waals surface area (Å²) in [5, 5.41) is 4.70. The number of hydrogen-bond donors (Lipinski definition) is 1. The molecule has 434 valence electrons. The molecule has 19 heteroatoms. The average molecular weight is 1120 g/mol. The van der Waals surface area contributed by atoms with Crippen LogP contribution in [0.1, 0.15) is 113 Å². The van der Waals surface area contributed by atoms with E-state index in [1.165, 1.54) is 12.8 Å². The van der Waals surface area contributed by atoms with Crippen molar-refractivity contribution in [3.05, 3.63) is 77.2 Å². The molecular weight excluding hydrogens is 1040 g/mol. The first kappa shape index (κ1) is 54.5. The molecule has 1 spiro atoms. The highest BCUT2D eigenvalue weighted by atomic mass is 19.1. The number of imide groups is 1.